The molecule has 3 heterocycles. The van der Waals surface area contributed by atoms with Gasteiger partial charge in [-0.25, -0.2) is 4.39 Å². The van der Waals surface area contributed by atoms with Gasteiger partial charge in [-0.3, -0.25) is 9.69 Å². The molecule has 196 valence electrons. The quantitative estimate of drug-likeness (QED) is 0.332. The summed E-state index contributed by atoms with van der Waals surface area (Å²) in [5.41, 5.74) is 4.57. The number of aryl methyl sites for hydroxylation is 2. The molecule has 0 amide bonds. The second kappa shape index (κ2) is 10.7. The van der Waals surface area contributed by atoms with Gasteiger partial charge >= 0.3 is 0 Å². The van der Waals surface area contributed by atoms with E-state index in [1.54, 1.807) is 19.2 Å². The summed E-state index contributed by atoms with van der Waals surface area (Å²) in [7, 11) is 1.62. The molecule has 7 nitrogen and oxygen atoms in total. The Morgan fingerprint density at radius 1 is 1.10 bits per heavy atom. The van der Waals surface area contributed by atoms with Crippen LogP contribution in [0.5, 0.6) is 0 Å². The number of anilines is 1. The number of pyridine rings is 2. The molecule has 0 spiro atoms. The molecule has 0 N–H and O–H groups in total. The van der Waals surface area contributed by atoms with E-state index in [0.717, 1.165) is 17.5 Å². The molecule has 1 aliphatic heterocycles. The van der Waals surface area contributed by atoms with E-state index >= 15 is 0 Å². The van der Waals surface area contributed by atoms with Crippen molar-refractivity contribution in [3.63, 3.8) is 0 Å². The average Bonchev–Trinajstić information content (AvgIpc) is 2.96. The van der Waals surface area contributed by atoms with E-state index in [0.29, 0.717) is 36.4 Å². The van der Waals surface area contributed by atoms with Crippen molar-refractivity contribution < 1.29 is 4.39 Å². The zero-order valence-corrected chi connectivity index (χ0v) is 22.2. The van der Waals surface area contributed by atoms with Gasteiger partial charge in [-0.2, -0.15) is 5.26 Å². The molecule has 0 radical (unpaired) electrons. The lowest BCUT2D eigenvalue weighted by Gasteiger charge is -2.45. The normalized spacial score (nSPS) is 16.6. The maximum Gasteiger partial charge on any atom is 0.271 e. The first-order chi connectivity index (χ1) is 18.9. The molecule has 2 atom stereocenters. The van der Waals surface area contributed by atoms with E-state index in [9.17, 15) is 14.4 Å². The Morgan fingerprint density at radius 3 is 2.36 bits per heavy atom. The lowest BCUT2D eigenvalue weighted by molar-refractivity contribution is 0.150. The third-order valence-corrected chi connectivity index (χ3v) is 7.64. The van der Waals surface area contributed by atoms with Crippen LogP contribution in [0.25, 0.3) is 15.9 Å². The number of nitrogens with zero attached hydrogens (tertiary/aromatic N) is 6. The van der Waals surface area contributed by atoms with E-state index in [1.165, 1.54) is 22.3 Å². The highest BCUT2D eigenvalue weighted by molar-refractivity contribution is 5.92. The Hall–Kier alpha value is -4.53. The van der Waals surface area contributed by atoms with Crippen LogP contribution in [0.3, 0.4) is 0 Å². The van der Waals surface area contributed by atoms with Crippen molar-refractivity contribution in [2.75, 3.05) is 24.5 Å². The monoisotopic (exact) mass is 520 g/mol. The van der Waals surface area contributed by atoms with Gasteiger partial charge in [0.15, 0.2) is 0 Å². The highest BCUT2D eigenvalue weighted by atomic mass is 19.1. The predicted molar refractivity (Wildman–Crippen MR) is 150 cm³/mol. The minimum absolute atomic E-state index is 0.0225. The van der Waals surface area contributed by atoms with Gasteiger partial charge in [0.2, 0.25) is 5.52 Å². The molecule has 2 aromatic heterocycles. The van der Waals surface area contributed by atoms with Crippen molar-refractivity contribution in [1.82, 2.24) is 14.5 Å². The van der Waals surface area contributed by atoms with Gasteiger partial charge in [-0.15, -0.1) is 4.98 Å². The first-order valence-corrected chi connectivity index (χ1v) is 13.0. The van der Waals surface area contributed by atoms with Gasteiger partial charge in [0, 0.05) is 32.7 Å². The lowest BCUT2D eigenvalue weighted by Crippen LogP contribution is -2.53. The molecular weight excluding hydrogens is 491 g/mol. The number of hydrogen-bond acceptors (Lipinski definition) is 5. The average molecular weight is 521 g/mol. The Balaban J connectivity index is 1.56. The van der Waals surface area contributed by atoms with Crippen LogP contribution >= 0.6 is 0 Å². The van der Waals surface area contributed by atoms with Crippen molar-refractivity contribution in [2.24, 2.45) is 7.05 Å². The first kappa shape index (κ1) is 26.1. The molecule has 1 saturated heterocycles. The number of fused-ring (bicyclic) bond motifs is 1. The van der Waals surface area contributed by atoms with Crippen molar-refractivity contribution >= 4 is 22.5 Å². The summed E-state index contributed by atoms with van der Waals surface area (Å²) in [6.45, 7) is 13.4. The topological polar surface area (TPSA) is 69.5 Å². The SMILES string of the molecule is [C-]#[N+]c1ccc2c(n1)c(N1CCN(C(c3ccc(F)cc3)c3ccc(CC)cc3)[C@H](C)C1)c(C#N)c(=O)n2C. The van der Waals surface area contributed by atoms with Gasteiger partial charge < -0.3 is 14.3 Å². The third-order valence-electron chi connectivity index (χ3n) is 7.64. The van der Waals surface area contributed by atoms with E-state index < -0.39 is 0 Å². The number of rotatable bonds is 5. The standard InChI is InChI=1S/C31H29FN6O/c1-5-21-6-8-22(9-7-21)29(23-10-12-24(32)13-11-23)38-17-16-37(19-20(38)2)30-25(18-33)31(39)36(4)26-14-15-27(34-3)35-28(26)30/h6-15,20,29H,5,16-17,19H2,1-2,4H3/t20-,29?/m1/s1. The number of aromatic nitrogens is 2. The molecule has 2 aromatic carbocycles. The lowest BCUT2D eigenvalue weighted by atomic mass is 9.93. The Labute approximate surface area is 227 Å². The molecule has 0 saturated carbocycles. The van der Waals surface area contributed by atoms with Gasteiger partial charge in [0.1, 0.15) is 23.1 Å². The molecule has 0 bridgehead atoms. The maximum absolute atomic E-state index is 13.8. The zero-order valence-electron chi connectivity index (χ0n) is 22.2. The maximum atomic E-state index is 13.8. The van der Waals surface area contributed by atoms with Crippen molar-refractivity contribution in [2.45, 2.75) is 32.4 Å². The fourth-order valence-electron chi connectivity index (χ4n) is 5.57. The number of benzene rings is 2. The minimum Gasteiger partial charge on any atom is -0.364 e. The highest BCUT2D eigenvalue weighted by Crippen LogP contribution is 2.35. The summed E-state index contributed by atoms with van der Waals surface area (Å²) in [6.07, 6.45) is 0.950. The number of hydrogen-bond donors (Lipinski definition) is 0. The summed E-state index contributed by atoms with van der Waals surface area (Å²) in [4.78, 5) is 25.5. The van der Waals surface area contributed by atoms with E-state index in [-0.39, 0.29) is 34.8 Å². The predicted octanol–water partition coefficient (Wildman–Crippen LogP) is 5.36. The summed E-state index contributed by atoms with van der Waals surface area (Å²) in [5.74, 6) is -0.0607. The molecule has 39 heavy (non-hydrogen) atoms. The molecule has 1 fully saturated rings. The Kier molecular flexibility index (Phi) is 7.15. The number of nitriles is 1. The van der Waals surface area contributed by atoms with Crippen LogP contribution in [0, 0.1) is 23.7 Å². The van der Waals surface area contributed by atoms with Crippen LogP contribution in [0.4, 0.5) is 15.9 Å². The summed E-state index contributed by atoms with van der Waals surface area (Å²) >= 11 is 0. The van der Waals surface area contributed by atoms with Crippen LogP contribution in [0.2, 0.25) is 0 Å². The second-order valence-electron chi connectivity index (χ2n) is 9.93. The Bertz CT molecular complexity index is 1660. The minimum atomic E-state index is -0.382. The number of halogens is 1. The third kappa shape index (κ3) is 4.76. The highest BCUT2D eigenvalue weighted by Gasteiger charge is 2.34. The molecule has 5 rings (SSSR count). The molecule has 4 aromatic rings. The van der Waals surface area contributed by atoms with E-state index in [1.807, 2.05) is 17.0 Å². The zero-order chi connectivity index (χ0) is 27.7. The molecule has 1 unspecified atom stereocenters. The van der Waals surface area contributed by atoms with Gasteiger partial charge in [0.05, 0.1) is 11.6 Å². The van der Waals surface area contributed by atoms with Crippen LogP contribution in [0.15, 0.2) is 65.5 Å². The fraction of sp³-hybridized carbons (Fsp3) is 0.290. The molecule has 1 aliphatic rings. The summed E-state index contributed by atoms with van der Waals surface area (Å²) in [6, 6.07) is 20.6. The molecule has 0 aliphatic carbocycles. The van der Waals surface area contributed by atoms with Crippen molar-refractivity contribution in [3.05, 3.63) is 111 Å². The largest absolute Gasteiger partial charge is 0.364 e. The van der Waals surface area contributed by atoms with E-state index in [2.05, 4.69) is 58.9 Å². The van der Waals surface area contributed by atoms with Crippen LogP contribution in [0.1, 0.15) is 42.1 Å². The van der Waals surface area contributed by atoms with E-state index in [4.69, 9.17) is 6.57 Å². The van der Waals surface area contributed by atoms with Crippen LogP contribution in [-0.2, 0) is 13.5 Å². The summed E-state index contributed by atoms with van der Waals surface area (Å²) < 4.78 is 15.2. The molecule has 8 heteroatoms. The molecular formula is C31H29FN6O. The number of piperazine rings is 1. The van der Waals surface area contributed by atoms with Crippen molar-refractivity contribution in [1.29, 1.82) is 5.26 Å². The first-order valence-electron chi connectivity index (χ1n) is 13.0. The summed E-state index contributed by atoms with van der Waals surface area (Å²) in [5, 5.41) is 9.99. The van der Waals surface area contributed by atoms with Gasteiger partial charge in [0.25, 0.3) is 11.4 Å². The van der Waals surface area contributed by atoms with Crippen LogP contribution < -0.4 is 10.5 Å². The Morgan fingerprint density at radius 2 is 1.77 bits per heavy atom. The van der Waals surface area contributed by atoms with Gasteiger partial charge in [-0.05, 0) is 54.3 Å². The van der Waals surface area contributed by atoms with Crippen molar-refractivity contribution in [3.8, 4) is 6.07 Å². The second-order valence-corrected chi connectivity index (χ2v) is 9.93. The fourth-order valence-corrected chi connectivity index (χ4v) is 5.57. The smallest absolute Gasteiger partial charge is 0.271 e. The van der Waals surface area contributed by atoms with Crippen LogP contribution in [-0.4, -0.2) is 40.1 Å². The van der Waals surface area contributed by atoms with Gasteiger partial charge in [-0.1, -0.05) is 49.9 Å².